The lowest BCUT2D eigenvalue weighted by Gasteiger charge is -2.08. The van der Waals surface area contributed by atoms with E-state index in [9.17, 15) is 4.39 Å². The fourth-order valence-corrected chi connectivity index (χ4v) is 3.23. The van der Waals surface area contributed by atoms with Crippen molar-refractivity contribution in [2.45, 2.75) is 13.5 Å². The van der Waals surface area contributed by atoms with E-state index in [2.05, 4.69) is 20.4 Å². The van der Waals surface area contributed by atoms with Crippen molar-refractivity contribution in [3.05, 3.63) is 36.3 Å². The molecule has 3 heterocycles. The predicted octanol–water partition coefficient (Wildman–Crippen LogP) is 2.65. The van der Waals surface area contributed by atoms with Crippen LogP contribution in [0.25, 0.3) is 27.7 Å². The summed E-state index contributed by atoms with van der Waals surface area (Å²) in [6.45, 7) is 1.76. The summed E-state index contributed by atoms with van der Waals surface area (Å²) in [6, 6.07) is 7.94. The highest BCUT2D eigenvalue weighted by Crippen LogP contribution is 2.32. The molecular formula is C17H18FN7. The van der Waals surface area contributed by atoms with E-state index in [1.54, 1.807) is 11.6 Å². The number of aryl methyl sites for hydroxylation is 2. The number of nitrogens with two attached hydrogens (primary N) is 1. The molecule has 3 aromatic heterocycles. The van der Waals surface area contributed by atoms with E-state index in [-0.39, 0.29) is 5.95 Å². The summed E-state index contributed by atoms with van der Waals surface area (Å²) >= 11 is 0. The minimum absolute atomic E-state index is 0.200. The second-order valence-electron chi connectivity index (χ2n) is 5.79. The van der Waals surface area contributed by atoms with Crippen molar-refractivity contribution in [3.63, 3.8) is 0 Å². The molecule has 0 atom stereocenters. The lowest BCUT2D eigenvalue weighted by Crippen LogP contribution is -2.05. The minimum atomic E-state index is -0.428. The summed E-state index contributed by atoms with van der Waals surface area (Å²) in [7, 11) is 1.79. The van der Waals surface area contributed by atoms with E-state index in [4.69, 9.17) is 5.73 Å². The highest BCUT2D eigenvalue weighted by atomic mass is 19.1. The second-order valence-corrected chi connectivity index (χ2v) is 5.79. The molecule has 0 aliphatic carbocycles. The van der Waals surface area contributed by atoms with Gasteiger partial charge in [-0.15, -0.1) is 5.10 Å². The lowest BCUT2D eigenvalue weighted by molar-refractivity contribution is 0.446. The third-order valence-corrected chi connectivity index (χ3v) is 4.32. The summed E-state index contributed by atoms with van der Waals surface area (Å²) in [5, 5.41) is 7.28. The molecule has 128 valence electrons. The van der Waals surface area contributed by atoms with Crippen molar-refractivity contribution in [1.29, 1.82) is 0 Å². The first-order valence-corrected chi connectivity index (χ1v) is 7.98. The number of benzene rings is 1. The van der Waals surface area contributed by atoms with Gasteiger partial charge in [-0.1, -0.05) is 6.07 Å². The molecule has 0 radical (unpaired) electrons. The first-order valence-electron chi connectivity index (χ1n) is 7.98. The van der Waals surface area contributed by atoms with Crippen LogP contribution in [0.2, 0.25) is 0 Å². The van der Waals surface area contributed by atoms with Crippen LogP contribution in [-0.4, -0.2) is 37.9 Å². The number of nitrogens with zero attached hydrogens (tertiary/aromatic N) is 5. The van der Waals surface area contributed by atoms with Gasteiger partial charge in [0.05, 0.1) is 17.6 Å². The Morgan fingerprint density at radius 1 is 1.24 bits per heavy atom. The Bertz CT molecular complexity index is 1080. The van der Waals surface area contributed by atoms with Gasteiger partial charge in [0.2, 0.25) is 5.95 Å². The lowest BCUT2D eigenvalue weighted by atomic mass is 10.1. The topological polar surface area (TPSA) is 86.1 Å². The highest BCUT2D eigenvalue weighted by molar-refractivity contribution is 5.92. The zero-order valence-electron chi connectivity index (χ0n) is 14.0. The first-order chi connectivity index (χ1) is 12.1. The molecule has 0 aliphatic rings. The smallest absolute Gasteiger partial charge is 0.240 e. The van der Waals surface area contributed by atoms with E-state index in [1.165, 1.54) is 0 Å². The van der Waals surface area contributed by atoms with E-state index in [0.29, 0.717) is 12.4 Å². The Morgan fingerprint density at radius 2 is 2.08 bits per heavy atom. The van der Waals surface area contributed by atoms with Crippen LogP contribution in [-0.2, 0) is 6.54 Å². The monoisotopic (exact) mass is 339 g/mol. The summed E-state index contributed by atoms with van der Waals surface area (Å²) < 4.78 is 16.5. The van der Waals surface area contributed by atoms with E-state index < -0.39 is 6.67 Å². The third-order valence-electron chi connectivity index (χ3n) is 4.32. The molecular weight excluding hydrogens is 321 g/mol. The van der Waals surface area contributed by atoms with Gasteiger partial charge in [-0.2, -0.15) is 4.98 Å². The first kappa shape index (κ1) is 15.4. The standard InChI is InChI=1S/C17H18FN7/c1-10-21-13-4-3-11(9-14(13)24(10)8-6-18)12-5-7-25-15(12)16(20-2)22-17(19)23-25/h3-5,7,9H,6,8H2,1-2H3,(H3,19,20,22,23). The molecule has 0 spiro atoms. The van der Waals surface area contributed by atoms with Gasteiger partial charge in [0, 0.05) is 18.8 Å². The Labute approximate surface area is 143 Å². The fraction of sp³-hybridized carbons (Fsp3) is 0.235. The van der Waals surface area contributed by atoms with Gasteiger partial charge < -0.3 is 15.6 Å². The van der Waals surface area contributed by atoms with Crippen LogP contribution in [0, 0.1) is 6.92 Å². The molecule has 0 saturated carbocycles. The number of nitrogens with one attached hydrogen (secondary N) is 1. The van der Waals surface area contributed by atoms with E-state index in [0.717, 1.165) is 33.5 Å². The van der Waals surface area contributed by atoms with Gasteiger partial charge in [-0.3, -0.25) is 0 Å². The fourth-order valence-electron chi connectivity index (χ4n) is 3.23. The van der Waals surface area contributed by atoms with Crippen LogP contribution < -0.4 is 11.1 Å². The van der Waals surface area contributed by atoms with Crippen molar-refractivity contribution in [3.8, 4) is 11.1 Å². The SMILES string of the molecule is CNc1nc(N)nn2ccc(-c3ccc4nc(C)n(CCF)c4c3)c12. The second kappa shape index (κ2) is 5.73. The average Bonchev–Trinajstić information content (AvgIpc) is 3.15. The summed E-state index contributed by atoms with van der Waals surface area (Å²) in [6.07, 6.45) is 1.85. The van der Waals surface area contributed by atoms with Crippen molar-refractivity contribution in [2.24, 2.45) is 0 Å². The summed E-state index contributed by atoms with van der Waals surface area (Å²) in [4.78, 5) is 8.76. The van der Waals surface area contributed by atoms with Crippen LogP contribution in [0.3, 0.4) is 0 Å². The van der Waals surface area contributed by atoms with Gasteiger partial charge >= 0.3 is 0 Å². The molecule has 4 rings (SSSR count). The normalized spacial score (nSPS) is 11.5. The zero-order chi connectivity index (χ0) is 17.6. The maximum atomic E-state index is 12.9. The Kier molecular flexibility index (Phi) is 3.52. The van der Waals surface area contributed by atoms with Crippen LogP contribution in [0.1, 0.15) is 5.82 Å². The number of imidazole rings is 1. The Hall–Kier alpha value is -3.16. The number of fused-ring (bicyclic) bond motifs is 2. The van der Waals surface area contributed by atoms with E-state index in [1.807, 2.05) is 42.0 Å². The largest absolute Gasteiger partial charge is 0.371 e. The molecule has 0 fully saturated rings. The maximum Gasteiger partial charge on any atom is 0.240 e. The molecule has 0 amide bonds. The van der Waals surface area contributed by atoms with Crippen LogP contribution in [0.4, 0.5) is 16.2 Å². The molecule has 0 saturated heterocycles. The Morgan fingerprint density at radius 3 is 2.84 bits per heavy atom. The molecule has 4 aromatic rings. The Balaban J connectivity index is 1.95. The van der Waals surface area contributed by atoms with E-state index >= 15 is 0 Å². The number of rotatable bonds is 4. The number of anilines is 2. The third kappa shape index (κ3) is 2.37. The molecule has 0 unspecified atom stereocenters. The van der Waals surface area contributed by atoms with Gasteiger partial charge in [0.15, 0.2) is 5.82 Å². The minimum Gasteiger partial charge on any atom is -0.371 e. The van der Waals surface area contributed by atoms with Gasteiger partial charge in [-0.25, -0.2) is 13.9 Å². The number of alkyl halides is 1. The van der Waals surface area contributed by atoms with Crippen molar-refractivity contribution in [1.82, 2.24) is 24.1 Å². The molecule has 0 aliphatic heterocycles. The van der Waals surface area contributed by atoms with Gasteiger partial charge in [-0.05, 0) is 30.7 Å². The average molecular weight is 339 g/mol. The molecule has 3 N–H and O–H groups in total. The molecule has 0 bridgehead atoms. The van der Waals surface area contributed by atoms with Crippen LogP contribution in [0.5, 0.6) is 0 Å². The summed E-state index contributed by atoms with van der Waals surface area (Å²) in [5.41, 5.74) is 10.3. The maximum absolute atomic E-state index is 12.9. The van der Waals surface area contributed by atoms with Gasteiger partial charge in [0.25, 0.3) is 0 Å². The predicted molar refractivity (Wildman–Crippen MR) is 96.4 cm³/mol. The van der Waals surface area contributed by atoms with Crippen molar-refractivity contribution in [2.75, 3.05) is 24.8 Å². The summed E-state index contributed by atoms with van der Waals surface area (Å²) in [5.74, 6) is 1.66. The highest BCUT2D eigenvalue weighted by Gasteiger charge is 2.14. The van der Waals surface area contributed by atoms with Gasteiger partial charge in [0.1, 0.15) is 18.0 Å². The molecule has 1 aromatic carbocycles. The van der Waals surface area contributed by atoms with Crippen LogP contribution >= 0.6 is 0 Å². The van der Waals surface area contributed by atoms with Crippen molar-refractivity contribution >= 4 is 28.3 Å². The number of aromatic nitrogens is 5. The molecule has 7 nitrogen and oxygen atoms in total. The van der Waals surface area contributed by atoms with Crippen LogP contribution in [0.15, 0.2) is 30.5 Å². The molecule has 25 heavy (non-hydrogen) atoms. The quantitative estimate of drug-likeness (QED) is 0.597. The number of hydrogen-bond acceptors (Lipinski definition) is 5. The number of halogens is 1. The number of hydrogen-bond donors (Lipinski definition) is 2. The van der Waals surface area contributed by atoms with Crippen molar-refractivity contribution < 1.29 is 4.39 Å². The zero-order valence-corrected chi connectivity index (χ0v) is 14.0. The molecule has 8 heteroatoms. The number of nitrogen functional groups attached to an aromatic ring is 1.